The van der Waals surface area contributed by atoms with Crippen LogP contribution in [0.1, 0.15) is 24.5 Å². The summed E-state index contributed by atoms with van der Waals surface area (Å²) in [5.41, 5.74) is 2.80. The van der Waals surface area contributed by atoms with E-state index in [0.717, 1.165) is 11.1 Å². The number of methoxy groups -OCH3 is 1. The molecule has 3 rings (SSSR count). The summed E-state index contributed by atoms with van der Waals surface area (Å²) in [5.74, 6) is 0.927. The van der Waals surface area contributed by atoms with E-state index in [1.54, 1.807) is 49.6 Å². The fraction of sp³-hybridized carbons (Fsp3) is 0.240. The summed E-state index contributed by atoms with van der Waals surface area (Å²) in [6, 6.07) is 18.6. The third-order valence-corrected chi connectivity index (χ3v) is 6.45. The highest BCUT2D eigenvalue weighted by molar-refractivity contribution is 7.92. The highest BCUT2D eigenvalue weighted by atomic mass is 32.2. The molecule has 0 aliphatic carbocycles. The van der Waals surface area contributed by atoms with Crippen molar-refractivity contribution >= 4 is 27.3 Å². The molecule has 0 aliphatic rings. The van der Waals surface area contributed by atoms with Crippen LogP contribution in [0.25, 0.3) is 0 Å². The zero-order valence-corrected chi connectivity index (χ0v) is 19.9. The molecular formula is C25H28N2O5S. The lowest BCUT2D eigenvalue weighted by molar-refractivity contribution is -0.122. The quantitative estimate of drug-likeness (QED) is 0.465. The highest BCUT2D eigenvalue weighted by Crippen LogP contribution is 2.23. The molecule has 3 aromatic rings. The van der Waals surface area contributed by atoms with E-state index in [2.05, 4.69) is 10.0 Å². The summed E-state index contributed by atoms with van der Waals surface area (Å²) in [6.07, 6.45) is -0.239. The van der Waals surface area contributed by atoms with E-state index >= 15 is 0 Å². The van der Waals surface area contributed by atoms with E-state index < -0.39 is 16.1 Å². The first-order chi connectivity index (χ1) is 15.7. The van der Waals surface area contributed by atoms with Crippen LogP contribution in [0.2, 0.25) is 0 Å². The zero-order valence-electron chi connectivity index (χ0n) is 19.1. The minimum atomic E-state index is -3.76. The molecule has 0 aromatic heterocycles. The van der Waals surface area contributed by atoms with Gasteiger partial charge in [0.2, 0.25) is 0 Å². The van der Waals surface area contributed by atoms with Crippen LogP contribution in [0.15, 0.2) is 71.6 Å². The molecule has 0 saturated heterocycles. The Morgan fingerprint density at radius 3 is 2.18 bits per heavy atom. The van der Waals surface area contributed by atoms with E-state index in [4.69, 9.17) is 9.47 Å². The molecule has 0 heterocycles. The Kier molecular flexibility index (Phi) is 7.60. The van der Waals surface area contributed by atoms with Gasteiger partial charge in [-0.1, -0.05) is 19.1 Å². The van der Waals surface area contributed by atoms with E-state index in [-0.39, 0.29) is 10.8 Å². The van der Waals surface area contributed by atoms with Crippen LogP contribution in [0.5, 0.6) is 11.5 Å². The molecular weight excluding hydrogens is 440 g/mol. The standard InChI is InChI=1S/C25H28N2O5S/c1-5-24(32-21-12-10-20(31-4)11-13-21)25(28)26-19-8-14-22(15-9-19)33(29,30)27-23-16-17(2)6-7-18(23)3/h6-16,24,27H,5H2,1-4H3,(H,26,28)/t24-/m1/s1. The number of carbonyl (C=O) groups is 1. The van der Waals surface area contributed by atoms with Gasteiger partial charge in [0.25, 0.3) is 15.9 Å². The lowest BCUT2D eigenvalue weighted by Gasteiger charge is -2.18. The predicted octanol–water partition coefficient (Wildman–Crippen LogP) is 4.91. The molecule has 0 radical (unpaired) electrons. The number of hydrogen-bond acceptors (Lipinski definition) is 5. The van der Waals surface area contributed by atoms with Crippen molar-refractivity contribution in [2.75, 3.05) is 17.1 Å². The molecule has 0 fully saturated rings. The molecule has 174 valence electrons. The normalized spacial score (nSPS) is 12.0. The number of sulfonamides is 1. The fourth-order valence-corrected chi connectivity index (χ4v) is 4.25. The molecule has 3 aromatic carbocycles. The minimum absolute atomic E-state index is 0.0999. The first-order valence-electron chi connectivity index (χ1n) is 10.5. The molecule has 0 spiro atoms. The van der Waals surface area contributed by atoms with Gasteiger partial charge in [0.1, 0.15) is 11.5 Å². The van der Waals surface area contributed by atoms with Gasteiger partial charge in [-0.15, -0.1) is 0 Å². The van der Waals surface area contributed by atoms with Gasteiger partial charge in [-0.25, -0.2) is 8.42 Å². The van der Waals surface area contributed by atoms with Crippen LogP contribution < -0.4 is 19.5 Å². The summed E-state index contributed by atoms with van der Waals surface area (Å²) >= 11 is 0. The molecule has 0 saturated carbocycles. The number of hydrogen-bond donors (Lipinski definition) is 2. The lowest BCUT2D eigenvalue weighted by atomic mass is 10.1. The van der Waals surface area contributed by atoms with E-state index in [1.807, 2.05) is 32.9 Å². The molecule has 0 bridgehead atoms. The second-order valence-corrected chi connectivity index (χ2v) is 9.31. The van der Waals surface area contributed by atoms with Crippen LogP contribution in [0.4, 0.5) is 11.4 Å². The van der Waals surface area contributed by atoms with Crippen molar-refractivity contribution in [1.82, 2.24) is 0 Å². The number of aryl methyl sites for hydroxylation is 2. The second-order valence-electron chi connectivity index (χ2n) is 7.63. The molecule has 33 heavy (non-hydrogen) atoms. The zero-order chi connectivity index (χ0) is 24.0. The molecule has 0 unspecified atom stereocenters. The Hall–Kier alpha value is -3.52. The monoisotopic (exact) mass is 468 g/mol. The second kappa shape index (κ2) is 10.4. The summed E-state index contributed by atoms with van der Waals surface area (Å²) in [7, 11) is -2.19. The van der Waals surface area contributed by atoms with Gasteiger partial charge in [-0.3, -0.25) is 9.52 Å². The van der Waals surface area contributed by atoms with Crippen molar-refractivity contribution < 1.29 is 22.7 Å². The third kappa shape index (κ3) is 6.26. The van der Waals surface area contributed by atoms with Crippen LogP contribution in [-0.4, -0.2) is 27.5 Å². The molecule has 2 N–H and O–H groups in total. The first-order valence-corrected chi connectivity index (χ1v) is 12.0. The minimum Gasteiger partial charge on any atom is -0.497 e. The SMILES string of the molecule is CC[C@@H](Oc1ccc(OC)cc1)C(=O)Nc1ccc(S(=O)(=O)Nc2cc(C)ccc2C)cc1. The molecule has 7 nitrogen and oxygen atoms in total. The van der Waals surface area contributed by atoms with Crippen molar-refractivity contribution in [2.24, 2.45) is 0 Å². The van der Waals surface area contributed by atoms with Crippen LogP contribution in [-0.2, 0) is 14.8 Å². The van der Waals surface area contributed by atoms with Crippen LogP contribution >= 0.6 is 0 Å². The Balaban J connectivity index is 1.67. The van der Waals surface area contributed by atoms with Crippen molar-refractivity contribution in [1.29, 1.82) is 0 Å². The van der Waals surface area contributed by atoms with Gasteiger partial charge < -0.3 is 14.8 Å². The topological polar surface area (TPSA) is 93.7 Å². The Labute approximate surface area is 194 Å². The van der Waals surface area contributed by atoms with Crippen LogP contribution in [0, 0.1) is 13.8 Å². The number of anilines is 2. The average molecular weight is 469 g/mol. The van der Waals surface area contributed by atoms with Gasteiger partial charge in [0.05, 0.1) is 17.7 Å². The predicted molar refractivity (Wildman–Crippen MR) is 129 cm³/mol. The Bertz CT molecular complexity index is 1210. The molecule has 1 amide bonds. The number of benzene rings is 3. The summed E-state index contributed by atoms with van der Waals surface area (Å²) in [4.78, 5) is 12.8. The van der Waals surface area contributed by atoms with Crippen molar-refractivity contribution in [3.63, 3.8) is 0 Å². The fourth-order valence-electron chi connectivity index (χ4n) is 3.13. The van der Waals surface area contributed by atoms with E-state index in [9.17, 15) is 13.2 Å². The maximum Gasteiger partial charge on any atom is 0.265 e. The molecule has 0 aliphatic heterocycles. The van der Waals surface area contributed by atoms with E-state index in [1.165, 1.54) is 12.1 Å². The highest BCUT2D eigenvalue weighted by Gasteiger charge is 2.20. The third-order valence-electron chi connectivity index (χ3n) is 5.07. The van der Waals surface area contributed by atoms with Gasteiger partial charge in [0.15, 0.2) is 6.10 Å². The number of carbonyl (C=O) groups excluding carboxylic acids is 1. The van der Waals surface area contributed by atoms with Gasteiger partial charge in [0, 0.05) is 5.69 Å². The summed E-state index contributed by atoms with van der Waals surface area (Å²) in [5, 5.41) is 2.78. The summed E-state index contributed by atoms with van der Waals surface area (Å²) in [6.45, 7) is 5.59. The van der Waals surface area contributed by atoms with Crippen LogP contribution in [0.3, 0.4) is 0 Å². The average Bonchev–Trinajstić information content (AvgIpc) is 2.80. The number of nitrogens with one attached hydrogen (secondary N) is 2. The Morgan fingerprint density at radius 2 is 1.58 bits per heavy atom. The summed E-state index contributed by atoms with van der Waals surface area (Å²) < 4.78 is 39.1. The Morgan fingerprint density at radius 1 is 0.939 bits per heavy atom. The maximum absolute atomic E-state index is 12.8. The van der Waals surface area contributed by atoms with Crippen molar-refractivity contribution in [2.45, 2.75) is 38.2 Å². The number of amides is 1. The van der Waals surface area contributed by atoms with Crippen molar-refractivity contribution in [3.05, 3.63) is 77.9 Å². The lowest BCUT2D eigenvalue weighted by Crippen LogP contribution is -2.32. The van der Waals surface area contributed by atoms with Crippen molar-refractivity contribution in [3.8, 4) is 11.5 Å². The van der Waals surface area contributed by atoms with Gasteiger partial charge >= 0.3 is 0 Å². The number of ether oxygens (including phenoxy) is 2. The maximum atomic E-state index is 12.8. The number of rotatable bonds is 9. The largest absolute Gasteiger partial charge is 0.497 e. The smallest absolute Gasteiger partial charge is 0.265 e. The first kappa shape index (κ1) is 24.1. The molecule has 1 atom stereocenters. The van der Waals surface area contributed by atoms with Gasteiger partial charge in [-0.05, 0) is 86.0 Å². The molecule has 8 heteroatoms. The van der Waals surface area contributed by atoms with Gasteiger partial charge in [-0.2, -0.15) is 0 Å². The van der Waals surface area contributed by atoms with E-state index in [0.29, 0.717) is 29.3 Å².